The first-order valence-corrected chi connectivity index (χ1v) is 11.3. The summed E-state index contributed by atoms with van der Waals surface area (Å²) in [7, 11) is -1.63. The molecule has 0 aliphatic carbocycles. The van der Waals surface area contributed by atoms with Crippen LogP contribution in [0.1, 0.15) is 44.6 Å². The second-order valence-corrected chi connectivity index (χ2v) is 10.00. The van der Waals surface area contributed by atoms with Gasteiger partial charge in [0, 0.05) is 39.8 Å². The van der Waals surface area contributed by atoms with Crippen LogP contribution in [-0.4, -0.2) is 68.2 Å². The van der Waals surface area contributed by atoms with Crippen LogP contribution in [0.3, 0.4) is 0 Å². The zero-order chi connectivity index (χ0) is 18.8. The van der Waals surface area contributed by atoms with Gasteiger partial charge < -0.3 is 4.90 Å². The maximum absolute atomic E-state index is 12.6. The molecule has 0 amide bonds. The molecular formula is C20H33N3O2S. The van der Waals surface area contributed by atoms with E-state index in [1.54, 1.807) is 11.4 Å². The molecule has 3 rings (SSSR count). The summed E-state index contributed by atoms with van der Waals surface area (Å²) < 4.78 is 28.4. The van der Waals surface area contributed by atoms with Crippen LogP contribution in [0, 0.1) is 5.41 Å². The van der Waals surface area contributed by atoms with E-state index in [1.165, 1.54) is 16.3 Å². The van der Waals surface area contributed by atoms with Gasteiger partial charge in [0.15, 0.2) is 0 Å². The molecule has 26 heavy (non-hydrogen) atoms. The number of likely N-dealkylation sites (N-methyl/N-ethyl adjacent to an activating group) is 1. The van der Waals surface area contributed by atoms with E-state index in [-0.39, 0.29) is 5.41 Å². The highest BCUT2D eigenvalue weighted by molar-refractivity contribution is 7.86. The van der Waals surface area contributed by atoms with Crippen LogP contribution in [0.2, 0.25) is 0 Å². The molecule has 0 aromatic heterocycles. The predicted molar refractivity (Wildman–Crippen MR) is 106 cm³/mol. The first-order valence-electron chi connectivity index (χ1n) is 9.89. The molecule has 2 heterocycles. The van der Waals surface area contributed by atoms with Crippen molar-refractivity contribution in [3.63, 3.8) is 0 Å². The molecular weight excluding hydrogens is 346 g/mol. The molecule has 2 aliphatic heterocycles. The van der Waals surface area contributed by atoms with Crippen LogP contribution < -0.4 is 0 Å². The number of rotatable bonds is 5. The van der Waals surface area contributed by atoms with E-state index < -0.39 is 10.2 Å². The SMILES string of the molecule is CCN1C[C@@H](c2ccccc2)CC2(CCN(S(=O)(=O)N(C)CC)CC2)C1. The molecule has 1 atom stereocenters. The lowest BCUT2D eigenvalue weighted by Gasteiger charge is -2.50. The average Bonchev–Trinajstić information content (AvgIpc) is 2.67. The van der Waals surface area contributed by atoms with Crippen molar-refractivity contribution >= 4 is 10.2 Å². The maximum atomic E-state index is 12.6. The second kappa shape index (κ2) is 7.97. The van der Waals surface area contributed by atoms with Crippen LogP contribution in [0.15, 0.2) is 30.3 Å². The summed E-state index contributed by atoms with van der Waals surface area (Å²) in [6.45, 7) is 9.20. The Bertz CT molecular complexity index is 684. The maximum Gasteiger partial charge on any atom is 0.281 e. The molecule has 2 fully saturated rings. The van der Waals surface area contributed by atoms with Gasteiger partial charge in [0.2, 0.25) is 0 Å². The zero-order valence-electron chi connectivity index (χ0n) is 16.4. The number of likely N-dealkylation sites (tertiary alicyclic amines) is 1. The average molecular weight is 380 g/mol. The monoisotopic (exact) mass is 379 g/mol. The van der Waals surface area contributed by atoms with E-state index in [9.17, 15) is 8.42 Å². The lowest BCUT2D eigenvalue weighted by Crippen LogP contribution is -2.54. The fourth-order valence-corrected chi connectivity index (χ4v) is 5.97. The summed E-state index contributed by atoms with van der Waals surface area (Å²) in [5.74, 6) is 0.548. The van der Waals surface area contributed by atoms with Gasteiger partial charge >= 0.3 is 0 Å². The molecule has 0 radical (unpaired) electrons. The Morgan fingerprint density at radius 3 is 2.38 bits per heavy atom. The van der Waals surface area contributed by atoms with Crippen LogP contribution in [0.25, 0.3) is 0 Å². The van der Waals surface area contributed by atoms with Gasteiger partial charge in [0.25, 0.3) is 10.2 Å². The number of hydrogen-bond donors (Lipinski definition) is 0. The fraction of sp³-hybridized carbons (Fsp3) is 0.700. The Labute approximate surface area is 159 Å². The third-order valence-corrected chi connectivity index (χ3v) is 8.45. The Balaban J connectivity index is 1.74. The van der Waals surface area contributed by atoms with Crippen molar-refractivity contribution in [2.45, 2.75) is 39.0 Å². The second-order valence-electron chi connectivity index (χ2n) is 7.96. The van der Waals surface area contributed by atoms with Crippen molar-refractivity contribution in [1.82, 2.24) is 13.5 Å². The van der Waals surface area contributed by atoms with Gasteiger partial charge in [-0.1, -0.05) is 44.2 Å². The topological polar surface area (TPSA) is 43.9 Å². The van der Waals surface area contributed by atoms with Crippen LogP contribution in [0.4, 0.5) is 0 Å². The number of benzene rings is 1. The highest BCUT2D eigenvalue weighted by Crippen LogP contribution is 2.45. The lowest BCUT2D eigenvalue weighted by molar-refractivity contribution is 0.0328. The minimum atomic E-state index is -3.30. The summed E-state index contributed by atoms with van der Waals surface area (Å²) in [6, 6.07) is 10.8. The Kier molecular flexibility index (Phi) is 6.07. The van der Waals surface area contributed by atoms with E-state index in [0.29, 0.717) is 25.6 Å². The highest BCUT2D eigenvalue weighted by atomic mass is 32.2. The quantitative estimate of drug-likeness (QED) is 0.790. The molecule has 1 spiro atoms. The molecule has 0 N–H and O–H groups in total. The van der Waals surface area contributed by atoms with Gasteiger partial charge in [-0.05, 0) is 42.7 Å². The van der Waals surface area contributed by atoms with E-state index in [2.05, 4.69) is 42.2 Å². The third kappa shape index (κ3) is 3.98. The van der Waals surface area contributed by atoms with E-state index in [1.807, 2.05) is 6.92 Å². The van der Waals surface area contributed by atoms with Gasteiger partial charge in [-0.2, -0.15) is 17.0 Å². The van der Waals surface area contributed by atoms with E-state index in [4.69, 9.17) is 0 Å². The molecule has 2 saturated heterocycles. The first-order chi connectivity index (χ1) is 12.4. The first kappa shape index (κ1) is 19.8. The molecule has 0 unspecified atom stereocenters. The van der Waals surface area contributed by atoms with Crippen molar-refractivity contribution in [2.75, 3.05) is 46.3 Å². The van der Waals surface area contributed by atoms with Gasteiger partial charge in [-0.15, -0.1) is 0 Å². The van der Waals surface area contributed by atoms with Gasteiger partial charge in [0.05, 0.1) is 0 Å². The lowest BCUT2D eigenvalue weighted by atomic mass is 9.68. The molecule has 1 aromatic rings. The molecule has 0 bridgehead atoms. The predicted octanol–water partition coefficient (Wildman–Crippen LogP) is 2.77. The molecule has 6 heteroatoms. The van der Waals surface area contributed by atoms with Crippen LogP contribution >= 0.6 is 0 Å². The smallest absolute Gasteiger partial charge is 0.281 e. The number of hydrogen-bond acceptors (Lipinski definition) is 3. The summed E-state index contributed by atoms with van der Waals surface area (Å²) in [5.41, 5.74) is 1.66. The summed E-state index contributed by atoms with van der Waals surface area (Å²) in [6.07, 6.45) is 3.10. The standard InChI is InChI=1S/C20H33N3O2S/c1-4-21(3)26(24,25)23-13-11-20(12-14-23)15-19(16-22(5-2)17-20)18-9-7-6-8-10-18/h6-10,19H,4-5,11-17H2,1-3H3/t19-/m0/s1. The van der Waals surface area contributed by atoms with Crippen molar-refractivity contribution in [2.24, 2.45) is 5.41 Å². The van der Waals surface area contributed by atoms with Gasteiger partial charge in [-0.3, -0.25) is 0 Å². The summed E-state index contributed by atoms with van der Waals surface area (Å²) in [5, 5.41) is 0. The van der Waals surface area contributed by atoms with Crippen molar-refractivity contribution < 1.29 is 8.42 Å². The summed E-state index contributed by atoms with van der Waals surface area (Å²) in [4.78, 5) is 2.56. The summed E-state index contributed by atoms with van der Waals surface area (Å²) >= 11 is 0. The van der Waals surface area contributed by atoms with E-state index >= 15 is 0 Å². The van der Waals surface area contributed by atoms with Crippen molar-refractivity contribution in [3.8, 4) is 0 Å². The Morgan fingerprint density at radius 1 is 1.15 bits per heavy atom. The number of nitrogens with zero attached hydrogens (tertiary/aromatic N) is 3. The minimum absolute atomic E-state index is 0.242. The van der Waals surface area contributed by atoms with Crippen molar-refractivity contribution in [3.05, 3.63) is 35.9 Å². The fourth-order valence-electron chi connectivity index (χ4n) is 4.61. The Morgan fingerprint density at radius 2 is 1.81 bits per heavy atom. The normalized spacial score (nSPS) is 25.0. The van der Waals surface area contributed by atoms with Crippen LogP contribution in [-0.2, 0) is 10.2 Å². The van der Waals surface area contributed by atoms with Gasteiger partial charge in [-0.25, -0.2) is 0 Å². The Hall–Kier alpha value is -0.950. The largest absolute Gasteiger partial charge is 0.302 e. The molecule has 2 aliphatic rings. The van der Waals surface area contributed by atoms with Crippen LogP contribution in [0.5, 0.6) is 0 Å². The zero-order valence-corrected chi connectivity index (χ0v) is 17.2. The number of piperidine rings is 2. The molecule has 146 valence electrons. The van der Waals surface area contributed by atoms with E-state index in [0.717, 1.165) is 32.5 Å². The van der Waals surface area contributed by atoms with Crippen molar-refractivity contribution in [1.29, 1.82) is 0 Å². The molecule has 5 nitrogen and oxygen atoms in total. The molecule has 1 aromatic carbocycles. The third-order valence-electron chi connectivity index (χ3n) is 6.38. The minimum Gasteiger partial charge on any atom is -0.302 e. The highest BCUT2D eigenvalue weighted by Gasteiger charge is 2.44. The van der Waals surface area contributed by atoms with Gasteiger partial charge in [0.1, 0.15) is 0 Å². The molecule has 0 saturated carbocycles.